The maximum atomic E-state index is 12.9. The first-order valence-corrected chi connectivity index (χ1v) is 8.23. The summed E-state index contributed by atoms with van der Waals surface area (Å²) in [5.41, 5.74) is 0.245. The highest BCUT2D eigenvalue weighted by Crippen LogP contribution is 2.27. The minimum atomic E-state index is -0.745. The standard InChI is InChI=1S/C20H17N3O3/c1-2-11-23-16-10-6-4-8-14(16)18(24)17(20(23)26)19(25)22-15-9-5-3-7-13(15)12-21/h3-10,24H,2,11H2,1H3,(H,22,25). The molecule has 0 bridgehead atoms. The Morgan fingerprint density at radius 3 is 2.62 bits per heavy atom. The van der Waals surface area contributed by atoms with Crippen LogP contribution in [0.5, 0.6) is 5.75 Å². The molecule has 1 aromatic heterocycles. The Bertz CT molecular complexity index is 1090. The van der Waals surface area contributed by atoms with Gasteiger partial charge in [0.15, 0.2) is 0 Å². The summed E-state index contributed by atoms with van der Waals surface area (Å²) in [7, 11) is 0. The van der Waals surface area contributed by atoms with E-state index in [4.69, 9.17) is 5.26 Å². The number of aromatic nitrogens is 1. The van der Waals surface area contributed by atoms with E-state index >= 15 is 0 Å². The highest BCUT2D eigenvalue weighted by Gasteiger charge is 2.22. The number of rotatable bonds is 4. The van der Waals surface area contributed by atoms with Gasteiger partial charge in [0.25, 0.3) is 11.5 Å². The third-order valence-corrected chi connectivity index (χ3v) is 4.12. The van der Waals surface area contributed by atoms with E-state index in [9.17, 15) is 14.7 Å². The van der Waals surface area contributed by atoms with Crippen LogP contribution in [0.25, 0.3) is 10.9 Å². The molecule has 0 aliphatic rings. The van der Waals surface area contributed by atoms with Crippen LogP contribution in [0.1, 0.15) is 29.3 Å². The molecule has 1 heterocycles. The van der Waals surface area contributed by atoms with Gasteiger partial charge in [0.1, 0.15) is 17.4 Å². The first kappa shape index (κ1) is 17.2. The molecule has 6 nitrogen and oxygen atoms in total. The number of nitriles is 1. The van der Waals surface area contributed by atoms with Crippen LogP contribution in [0.4, 0.5) is 5.69 Å². The van der Waals surface area contributed by atoms with Crippen LogP contribution in [0.2, 0.25) is 0 Å². The summed E-state index contributed by atoms with van der Waals surface area (Å²) < 4.78 is 1.49. The SMILES string of the molecule is CCCn1c(=O)c(C(=O)Nc2ccccc2C#N)c(O)c2ccccc21. The molecule has 0 aliphatic heterocycles. The summed E-state index contributed by atoms with van der Waals surface area (Å²) in [6.07, 6.45) is 0.701. The number of para-hydroxylation sites is 2. The first-order valence-electron chi connectivity index (χ1n) is 8.23. The average molecular weight is 347 g/mol. The summed E-state index contributed by atoms with van der Waals surface area (Å²) in [5, 5.41) is 22.7. The van der Waals surface area contributed by atoms with Gasteiger partial charge >= 0.3 is 0 Å². The van der Waals surface area contributed by atoms with Gasteiger partial charge in [0.05, 0.1) is 16.8 Å². The van der Waals surface area contributed by atoms with E-state index in [-0.39, 0.29) is 22.6 Å². The molecule has 130 valence electrons. The van der Waals surface area contributed by atoms with Gasteiger partial charge in [0, 0.05) is 11.9 Å². The number of carbonyl (C=O) groups is 1. The number of hydrogen-bond acceptors (Lipinski definition) is 4. The van der Waals surface area contributed by atoms with Gasteiger partial charge in [-0.15, -0.1) is 0 Å². The van der Waals surface area contributed by atoms with Gasteiger partial charge in [-0.05, 0) is 30.7 Å². The quantitative estimate of drug-likeness (QED) is 0.757. The zero-order chi connectivity index (χ0) is 18.7. The average Bonchev–Trinajstić information content (AvgIpc) is 2.65. The molecule has 0 saturated heterocycles. The summed E-state index contributed by atoms with van der Waals surface area (Å²) in [6, 6.07) is 15.4. The molecular formula is C20H17N3O3. The molecule has 0 unspecified atom stereocenters. The van der Waals surface area contributed by atoms with Crippen molar-refractivity contribution in [1.29, 1.82) is 5.26 Å². The lowest BCUT2D eigenvalue weighted by molar-refractivity contribution is 0.102. The van der Waals surface area contributed by atoms with E-state index < -0.39 is 11.5 Å². The van der Waals surface area contributed by atoms with Gasteiger partial charge in [-0.3, -0.25) is 9.59 Å². The van der Waals surface area contributed by atoms with Gasteiger partial charge in [-0.25, -0.2) is 0 Å². The Morgan fingerprint density at radius 1 is 1.19 bits per heavy atom. The smallest absolute Gasteiger partial charge is 0.267 e. The summed E-state index contributed by atoms with van der Waals surface area (Å²) in [5.74, 6) is -1.10. The Morgan fingerprint density at radius 2 is 1.88 bits per heavy atom. The van der Waals surface area contributed by atoms with Crippen molar-refractivity contribution in [1.82, 2.24) is 4.57 Å². The van der Waals surface area contributed by atoms with Crippen LogP contribution in [-0.2, 0) is 6.54 Å². The predicted octanol–water partition coefficient (Wildman–Crippen LogP) is 3.24. The summed E-state index contributed by atoms with van der Waals surface area (Å²) in [4.78, 5) is 25.6. The van der Waals surface area contributed by atoms with Crippen LogP contribution >= 0.6 is 0 Å². The first-order chi connectivity index (χ1) is 12.6. The van der Waals surface area contributed by atoms with Crippen molar-refractivity contribution in [3.05, 3.63) is 70.0 Å². The number of amides is 1. The fourth-order valence-corrected chi connectivity index (χ4v) is 2.91. The van der Waals surface area contributed by atoms with Crippen molar-refractivity contribution < 1.29 is 9.90 Å². The number of aryl methyl sites for hydroxylation is 1. The normalized spacial score (nSPS) is 10.5. The second-order valence-electron chi connectivity index (χ2n) is 5.81. The molecule has 0 atom stereocenters. The van der Waals surface area contributed by atoms with Crippen LogP contribution in [0.3, 0.4) is 0 Å². The Hall–Kier alpha value is -3.59. The van der Waals surface area contributed by atoms with Crippen LogP contribution in [0.15, 0.2) is 53.3 Å². The molecule has 3 rings (SSSR count). The number of benzene rings is 2. The second kappa shape index (κ2) is 7.11. The zero-order valence-electron chi connectivity index (χ0n) is 14.2. The van der Waals surface area contributed by atoms with Crippen molar-refractivity contribution >= 4 is 22.5 Å². The number of nitrogens with one attached hydrogen (secondary N) is 1. The molecular weight excluding hydrogens is 330 g/mol. The highest BCUT2D eigenvalue weighted by atomic mass is 16.3. The molecule has 6 heteroatoms. The fraction of sp³-hybridized carbons (Fsp3) is 0.150. The molecule has 0 spiro atoms. The molecule has 2 aromatic carbocycles. The lowest BCUT2D eigenvalue weighted by Crippen LogP contribution is -2.30. The lowest BCUT2D eigenvalue weighted by Gasteiger charge is -2.14. The molecule has 0 radical (unpaired) electrons. The number of nitrogens with zero attached hydrogens (tertiary/aromatic N) is 2. The Balaban J connectivity index is 2.17. The van der Waals surface area contributed by atoms with Gasteiger partial charge in [0.2, 0.25) is 0 Å². The topological polar surface area (TPSA) is 95.1 Å². The van der Waals surface area contributed by atoms with Crippen molar-refractivity contribution in [2.45, 2.75) is 19.9 Å². The fourth-order valence-electron chi connectivity index (χ4n) is 2.91. The molecule has 3 aromatic rings. The number of hydrogen-bond donors (Lipinski definition) is 2. The van der Waals surface area contributed by atoms with E-state index in [1.807, 2.05) is 13.0 Å². The minimum Gasteiger partial charge on any atom is -0.506 e. The van der Waals surface area contributed by atoms with Crippen molar-refractivity contribution in [3.8, 4) is 11.8 Å². The van der Waals surface area contributed by atoms with E-state index in [2.05, 4.69) is 5.32 Å². The highest BCUT2D eigenvalue weighted by molar-refractivity contribution is 6.09. The van der Waals surface area contributed by atoms with Crippen LogP contribution in [0, 0.1) is 11.3 Å². The molecule has 1 amide bonds. The third-order valence-electron chi connectivity index (χ3n) is 4.12. The Kier molecular flexibility index (Phi) is 4.72. The lowest BCUT2D eigenvalue weighted by atomic mass is 10.1. The van der Waals surface area contributed by atoms with Crippen molar-refractivity contribution in [2.75, 3.05) is 5.32 Å². The van der Waals surface area contributed by atoms with E-state index in [1.165, 1.54) is 4.57 Å². The van der Waals surface area contributed by atoms with E-state index in [0.29, 0.717) is 23.9 Å². The maximum Gasteiger partial charge on any atom is 0.267 e. The monoisotopic (exact) mass is 347 g/mol. The van der Waals surface area contributed by atoms with Crippen LogP contribution < -0.4 is 10.9 Å². The third kappa shape index (κ3) is 2.91. The summed E-state index contributed by atoms with van der Waals surface area (Å²) >= 11 is 0. The predicted molar refractivity (Wildman–Crippen MR) is 99.3 cm³/mol. The molecule has 0 saturated carbocycles. The molecule has 0 fully saturated rings. The number of aromatic hydroxyl groups is 1. The number of anilines is 1. The maximum absolute atomic E-state index is 12.9. The molecule has 26 heavy (non-hydrogen) atoms. The Labute approximate surface area is 149 Å². The number of pyridine rings is 1. The number of carbonyl (C=O) groups excluding carboxylic acids is 1. The second-order valence-corrected chi connectivity index (χ2v) is 5.81. The van der Waals surface area contributed by atoms with Crippen LogP contribution in [-0.4, -0.2) is 15.6 Å². The van der Waals surface area contributed by atoms with Gasteiger partial charge < -0.3 is 15.0 Å². The van der Waals surface area contributed by atoms with Crippen molar-refractivity contribution in [3.63, 3.8) is 0 Å². The van der Waals surface area contributed by atoms with E-state index in [0.717, 1.165) is 0 Å². The minimum absolute atomic E-state index is 0.273. The van der Waals surface area contributed by atoms with Crippen molar-refractivity contribution in [2.24, 2.45) is 0 Å². The zero-order valence-corrected chi connectivity index (χ0v) is 14.2. The largest absolute Gasteiger partial charge is 0.506 e. The van der Waals surface area contributed by atoms with E-state index in [1.54, 1.807) is 48.5 Å². The summed E-state index contributed by atoms with van der Waals surface area (Å²) in [6.45, 7) is 2.35. The van der Waals surface area contributed by atoms with Gasteiger partial charge in [-0.2, -0.15) is 5.26 Å². The van der Waals surface area contributed by atoms with Gasteiger partial charge in [-0.1, -0.05) is 31.2 Å². The number of fused-ring (bicyclic) bond motifs is 1. The molecule has 0 aliphatic carbocycles. The molecule has 2 N–H and O–H groups in total.